The summed E-state index contributed by atoms with van der Waals surface area (Å²) in [6.45, 7) is 0.343. The maximum atomic E-state index is 11.7. The molecule has 0 saturated carbocycles. The second-order valence-corrected chi connectivity index (χ2v) is 5.05. The lowest BCUT2D eigenvalue weighted by Gasteiger charge is -2.08. The number of phenols is 1. The van der Waals surface area contributed by atoms with Crippen LogP contribution in [0.5, 0.6) is 11.5 Å². The largest absolute Gasteiger partial charge is 0.504 e. The van der Waals surface area contributed by atoms with Gasteiger partial charge < -0.3 is 19.6 Å². The molecular weight excluding hydrogens is 294 g/mol. The number of phenolic OH excluding ortho intramolecular Hbond substituents is 1. The van der Waals surface area contributed by atoms with Crippen LogP contribution >= 0.6 is 0 Å². The van der Waals surface area contributed by atoms with Crippen LogP contribution in [0.2, 0.25) is 0 Å². The number of carbonyl (C=O) groups excluding carboxylic acids is 1. The SMILES string of the molecule is O=C(COc1ccccc1O)NCCc1cn2ccccc2n1. The van der Waals surface area contributed by atoms with Crippen LogP contribution in [0.15, 0.2) is 54.9 Å². The van der Waals surface area contributed by atoms with E-state index in [2.05, 4.69) is 10.3 Å². The fourth-order valence-corrected chi connectivity index (χ4v) is 2.21. The molecule has 0 bridgehead atoms. The first-order valence-electron chi connectivity index (χ1n) is 7.32. The molecule has 1 aromatic carbocycles. The monoisotopic (exact) mass is 311 g/mol. The minimum absolute atomic E-state index is 0.0185. The van der Waals surface area contributed by atoms with Crippen LogP contribution in [0, 0.1) is 0 Å². The van der Waals surface area contributed by atoms with E-state index in [-0.39, 0.29) is 18.3 Å². The summed E-state index contributed by atoms with van der Waals surface area (Å²) in [6.07, 6.45) is 4.52. The van der Waals surface area contributed by atoms with Crippen molar-refractivity contribution in [2.45, 2.75) is 6.42 Å². The molecule has 0 spiro atoms. The van der Waals surface area contributed by atoms with Crippen LogP contribution in [0.25, 0.3) is 5.65 Å². The number of benzene rings is 1. The normalized spacial score (nSPS) is 10.6. The number of pyridine rings is 1. The van der Waals surface area contributed by atoms with Crippen molar-refractivity contribution in [1.82, 2.24) is 14.7 Å². The lowest BCUT2D eigenvalue weighted by atomic mass is 10.3. The molecule has 0 aliphatic carbocycles. The number of fused-ring (bicyclic) bond motifs is 1. The van der Waals surface area contributed by atoms with Gasteiger partial charge in [0.05, 0.1) is 5.69 Å². The Morgan fingerprint density at radius 3 is 2.87 bits per heavy atom. The Balaban J connectivity index is 1.45. The van der Waals surface area contributed by atoms with E-state index in [9.17, 15) is 9.90 Å². The van der Waals surface area contributed by atoms with E-state index < -0.39 is 0 Å². The van der Waals surface area contributed by atoms with E-state index in [4.69, 9.17) is 4.74 Å². The van der Waals surface area contributed by atoms with E-state index in [1.54, 1.807) is 18.2 Å². The van der Waals surface area contributed by atoms with Crippen molar-refractivity contribution in [3.8, 4) is 11.5 Å². The minimum Gasteiger partial charge on any atom is -0.504 e. The second kappa shape index (κ2) is 6.83. The third kappa shape index (κ3) is 3.79. The highest BCUT2D eigenvalue weighted by molar-refractivity contribution is 5.77. The zero-order valence-electron chi connectivity index (χ0n) is 12.5. The molecule has 0 saturated heterocycles. The fraction of sp³-hybridized carbons (Fsp3) is 0.176. The van der Waals surface area contributed by atoms with Gasteiger partial charge in [0, 0.05) is 25.4 Å². The van der Waals surface area contributed by atoms with E-state index in [1.807, 2.05) is 35.0 Å². The van der Waals surface area contributed by atoms with Gasteiger partial charge >= 0.3 is 0 Å². The van der Waals surface area contributed by atoms with Crippen LogP contribution in [0.3, 0.4) is 0 Å². The molecule has 3 rings (SSSR count). The molecule has 2 N–H and O–H groups in total. The fourth-order valence-electron chi connectivity index (χ4n) is 2.21. The summed E-state index contributed by atoms with van der Waals surface area (Å²) in [5, 5.41) is 12.3. The minimum atomic E-state index is -0.239. The first kappa shape index (κ1) is 14.9. The zero-order valence-corrected chi connectivity index (χ0v) is 12.5. The van der Waals surface area contributed by atoms with Crippen molar-refractivity contribution in [2.75, 3.05) is 13.2 Å². The molecular formula is C17H17N3O3. The highest BCUT2D eigenvalue weighted by atomic mass is 16.5. The van der Waals surface area contributed by atoms with Crippen molar-refractivity contribution in [2.24, 2.45) is 0 Å². The van der Waals surface area contributed by atoms with Gasteiger partial charge in [-0.15, -0.1) is 0 Å². The molecule has 2 aromatic heterocycles. The Morgan fingerprint density at radius 2 is 2.04 bits per heavy atom. The first-order valence-corrected chi connectivity index (χ1v) is 7.32. The van der Waals surface area contributed by atoms with Crippen LogP contribution in [0.4, 0.5) is 0 Å². The van der Waals surface area contributed by atoms with E-state index in [0.717, 1.165) is 11.3 Å². The summed E-state index contributed by atoms with van der Waals surface area (Å²) >= 11 is 0. The maximum Gasteiger partial charge on any atom is 0.257 e. The number of para-hydroxylation sites is 2. The standard InChI is InChI=1S/C17H17N3O3/c21-14-5-1-2-6-15(14)23-12-17(22)18-9-8-13-11-20-10-4-3-7-16(20)19-13/h1-7,10-11,21H,8-9,12H2,(H,18,22). The van der Waals surface area contributed by atoms with Gasteiger partial charge in [-0.1, -0.05) is 18.2 Å². The molecule has 6 nitrogen and oxygen atoms in total. The Morgan fingerprint density at radius 1 is 1.22 bits per heavy atom. The zero-order chi connectivity index (χ0) is 16.1. The number of aromatic hydroxyl groups is 1. The Hall–Kier alpha value is -3.02. The lowest BCUT2D eigenvalue weighted by molar-refractivity contribution is -0.123. The van der Waals surface area contributed by atoms with Crippen LogP contribution < -0.4 is 10.1 Å². The summed E-state index contributed by atoms with van der Waals surface area (Å²) in [6, 6.07) is 12.4. The van der Waals surface area contributed by atoms with E-state index in [1.165, 1.54) is 6.07 Å². The molecule has 2 heterocycles. The van der Waals surface area contributed by atoms with Crippen molar-refractivity contribution in [3.63, 3.8) is 0 Å². The van der Waals surface area contributed by atoms with Crippen LogP contribution in [0.1, 0.15) is 5.69 Å². The molecule has 23 heavy (non-hydrogen) atoms. The summed E-state index contributed by atoms with van der Waals surface area (Å²) in [5.74, 6) is 0.0741. The summed E-state index contributed by atoms with van der Waals surface area (Å²) < 4.78 is 7.21. The number of nitrogens with one attached hydrogen (secondary N) is 1. The number of carbonyl (C=O) groups is 1. The molecule has 6 heteroatoms. The first-order chi connectivity index (χ1) is 11.2. The predicted molar refractivity (Wildman–Crippen MR) is 85.5 cm³/mol. The molecule has 0 radical (unpaired) electrons. The second-order valence-electron chi connectivity index (χ2n) is 5.05. The van der Waals surface area contributed by atoms with Crippen molar-refractivity contribution < 1.29 is 14.6 Å². The number of rotatable bonds is 6. The smallest absolute Gasteiger partial charge is 0.257 e. The predicted octanol–water partition coefficient (Wildman–Crippen LogP) is 1.78. The Kier molecular flexibility index (Phi) is 4.42. The number of ether oxygens (including phenoxy) is 1. The molecule has 0 fully saturated rings. The molecule has 0 aliphatic rings. The van der Waals surface area contributed by atoms with Gasteiger partial charge in [0.15, 0.2) is 18.1 Å². The molecule has 0 atom stereocenters. The third-order valence-electron chi connectivity index (χ3n) is 3.34. The number of hydrogen-bond acceptors (Lipinski definition) is 4. The summed E-state index contributed by atoms with van der Waals surface area (Å²) in [4.78, 5) is 16.2. The molecule has 0 aliphatic heterocycles. The van der Waals surface area contributed by atoms with E-state index in [0.29, 0.717) is 18.7 Å². The van der Waals surface area contributed by atoms with Crippen molar-refractivity contribution in [3.05, 3.63) is 60.6 Å². The highest BCUT2D eigenvalue weighted by Crippen LogP contribution is 2.23. The average molecular weight is 311 g/mol. The molecule has 118 valence electrons. The molecule has 3 aromatic rings. The average Bonchev–Trinajstić information content (AvgIpc) is 2.97. The Bertz CT molecular complexity index is 780. The molecule has 1 amide bonds. The van der Waals surface area contributed by atoms with Gasteiger partial charge in [0.1, 0.15) is 5.65 Å². The quantitative estimate of drug-likeness (QED) is 0.727. The summed E-state index contributed by atoms with van der Waals surface area (Å²) in [5.41, 5.74) is 1.80. The van der Waals surface area contributed by atoms with Gasteiger partial charge in [0.25, 0.3) is 5.91 Å². The molecule has 0 unspecified atom stereocenters. The third-order valence-corrected chi connectivity index (χ3v) is 3.34. The van der Waals surface area contributed by atoms with Crippen molar-refractivity contribution >= 4 is 11.6 Å². The summed E-state index contributed by atoms with van der Waals surface area (Å²) in [7, 11) is 0. The lowest BCUT2D eigenvalue weighted by Crippen LogP contribution is -2.30. The van der Waals surface area contributed by atoms with Crippen LogP contribution in [-0.2, 0) is 11.2 Å². The number of nitrogens with zero attached hydrogens (tertiary/aromatic N) is 2. The highest BCUT2D eigenvalue weighted by Gasteiger charge is 2.06. The number of amides is 1. The number of imidazole rings is 1. The maximum absolute atomic E-state index is 11.7. The van der Waals surface area contributed by atoms with Crippen LogP contribution in [-0.4, -0.2) is 33.6 Å². The van der Waals surface area contributed by atoms with Gasteiger partial charge in [-0.05, 0) is 24.3 Å². The number of hydrogen-bond donors (Lipinski definition) is 2. The van der Waals surface area contributed by atoms with Crippen molar-refractivity contribution in [1.29, 1.82) is 0 Å². The van der Waals surface area contributed by atoms with Gasteiger partial charge in [-0.2, -0.15) is 0 Å². The topological polar surface area (TPSA) is 75.9 Å². The number of aromatic nitrogens is 2. The van der Waals surface area contributed by atoms with Gasteiger partial charge in [-0.3, -0.25) is 4.79 Å². The Labute approximate surface area is 133 Å². The van der Waals surface area contributed by atoms with E-state index >= 15 is 0 Å². The van der Waals surface area contributed by atoms with Gasteiger partial charge in [0.2, 0.25) is 0 Å². The van der Waals surface area contributed by atoms with Gasteiger partial charge in [-0.25, -0.2) is 4.98 Å².